The molecule has 0 aliphatic heterocycles. The van der Waals surface area contributed by atoms with Gasteiger partial charge in [-0.05, 0) is 37.7 Å². The van der Waals surface area contributed by atoms with Crippen LogP contribution in [0.3, 0.4) is 0 Å². The predicted molar refractivity (Wildman–Crippen MR) is 142 cm³/mol. The molecule has 1 unspecified atom stereocenters. The van der Waals surface area contributed by atoms with Crippen LogP contribution in [0, 0.1) is 17.8 Å². The molecule has 0 aromatic rings. The molecule has 0 N–H and O–H groups in total. The van der Waals surface area contributed by atoms with Gasteiger partial charge in [0, 0.05) is 12.8 Å². The maximum absolute atomic E-state index is 12.1. The SMILES string of the molecule is C=C(C)C#CC(CC(C)C)OC(=O)CCCC(=O)OCCCCCCCCCCCCCCC. The summed E-state index contributed by atoms with van der Waals surface area (Å²) < 4.78 is 10.8. The summed E-state index contributed by atoms with van der Waals surface area (Å²) in [7, 11) is 0. The molecule has 0 heterocycles. The molecule has 0 spiro atoms. The molecule has 0 amide bonds. The van der Waals surface area contributed by atoms with Gasteiger partial charge in [-0.25, -0.2) is 0 Å². The van der Waals surface area contributed by atoms with Gasteiger partial charge in [0.05, 0.1) is 6.61 Å². The molecular weight excluding hydrogens is 424 g/mol. The van der Waals surface area contributed by atoms with Crippen molar-refractivity contribution in [2.24, 2.45) is 5.92 Å². The summed E-state index contributed by atoms with van der Waals surface area (Å²) in [4.78, 5) is 24.0. The average Bonchev–Trinajstić information content (AvgIpc) is 2.77. The van der Waals surface area contributed by atoms with Crippen LogP contribution in [0.1, 0.15) is 137 Å². The molecule has 0 saturated heterocycles. The summed E-state index contributed by atoms with van der Waals surface area (Å²) in [5.41, 5.74) is 0.746. The van der Waals surface area contributed by atoms with Crippen LogP contribution in [0.4, 0.5) is 0 Å². The molecule has 0 saturated carbocycles. The highest BCUT2D eigenvalue weighted by Gasteiger charge is 2.14. The van der Waals surface area contributed by atoms with Crippen molar-refractivity contribution >= 4 is 11.9 Å². The number of carbonyl (C=O) groups is 2. The Morgan fingerprint density at radius 1 is 0.765 bits per heavy atom. The quantitative estimate of drug-likeness (QED) is 0.0949. The van der Waals surface area contributed by atoms with E-state index in [-0.39, 0.29) is 24.8 Å². The summed E-state index contributed by atoms with van der Waals surface area (Å²) in [6, 6.07) is 0. The summed E-state index contributed by atoms with van der Waals surface area (Å²) in [5, 5.41) is 0. The number of hydrogen-bond donors (Lipinski definition) is 0. The maximum atomic E-state index is 12.1. The molecule has 0 fully saturated rings. The Bertz CT molecular complexity index is 597. The summed E-state index contributed by atoms with van der Waals surface area (Å²) in [6.07, 6.45) is 18.0. The lowest BCUT2D eigenvalue weighted by molar-refractivity contribution is -0.147. The number of unbranched alkanes of at least 4 members (excludes halogenated alkanes) is 12. The minimum absolute atomic E-state index is 0.206. The molecule has 34 heavy (non-hydrogen) atoms. The van der Waals surface area contributed by atoms with Crippen LogP contribution < -0.4 is 0 Å². The van der Waals surface area contributed by atoms with Crippen molar-refractivity contribution in [2.75, 3.05) is 6.61 Å². The van der Waals surface area contributed by atoms with Crippen molar-refractivity contribution in [1.29, 1.82) is 0 Å². The minimum Gasteiger partial charge on any atom is -0.466 e. The van der Waals surface area contributed by atoms with Crippen LogP contribution in [-0.2, 0) is 19.1 Å². The number of allylic oxidation sites excluding steroid dienone is 1. The molecule has 0 radical (unpaired) electrons. The number of carbonyl (C=O) groups excluding carboxylic acids is 2. The van der Waals surface area contributed by atoms with Crippen molar-refractivity contribution in [1.82, 2.24) is 0 Å². The number of hydrogen-bond acceptors (Lipinski definition) is 4. The van der Waals surface area contributed by atoms with E-state index < -0.39 is 6.10 Å². The molecule has 4 nitrogen and oxygen atoms in total. The van der Waals surface area contributed by atoms with E-state index in [4.69, 9.17) is 9.47 Å². The highest BCUT2D eigenvalue weighted by Crippen LogP contribution is 2.13. The van der Waals surface area contributed by atoms with Crippen molar-refractivity contribution < 1.29 is 19.1 Å². The molecule has 0 aliphatic rings. The molecular formula is C30H52O4. The lowest BCUT2D eigenvalue weighted by Crippen LogP contribution is -2.19. The highest BCUT2D eigenvalue weighted by molar-refractivity contribution is 5.72. The Hall–Kier alpha value is -1.76. The van der Waals surface area contributed by atoms with Crippen LogP contribution in [0.2, 0.25) is 0 Å². The van der Waals surface area contributed by atoms with Crippen molar-refractivity contribution in [3.8, 4) is 11.8 Å². The van der Waals surface area contributed by atoms with Crippen LogP contribution in [0.15, 0.2) is 12.2 Å². The number of ether oxygens (including phenoxy) is 2. The molecule has 0 aromatic carbocycles. The van der Waals surface area contributed by atoms with Crippen LogP contribution in [0.25, 0.3) is 0 Å². The third-order valence-electron chi connectivity index (χ3n) is 5.68. The van der Waals surface area contributed by atoms with Crippen LogP contribution in [0.5, 0.6) is 0 Å². The first-order chi connectivity index (χ1) is 16.3. The normalized spacial score (nSPS) is 11.6. The second-order valence-electron chi connectivity index (χ2n) is 9.97. The average molecular weight is 477 g/mol. The third kappa shape index (κ3) is 23.4. The largest absolute Gasteiger partial charge is 0.466 e. The fourth-order valence-electron chi connectivity index (χ4n) is 3.74. The van der Waals surface area contributed by atoms with Gasteiger partial charge in [0.15, 0.2) is 6.10 Å². The minimum atomic E-state index is -0.424. The van der Waals surface area contributed by atoms with E-state index in [2.05, 4.69) is 39.2 Å². The Kier molecular flexibility index (Phi) is 21.8. The van der Waals surface area contributed by atoms with Gasteiger partial charge in [0.25, 0.3) is 0 Å². The second kappa shape index (κ2) is 23.0. The lowest BCUT2D eigenvalue weighted by atomic mass is 10.0. The van der Waals surface area contributed by atoms with Gasteiger partial charge in [0.1, 0.15) is 0 Å². The Labute approximate surface area is 210 Å². The predicted octanol–water partition coefficient (Wildman–Crippen LogP) is 8.33. The van der Waals surface area contributed by atoms with Gasteiger partial charge in [-0.3, -0.25) is 9.59 Å². The van der Waals surface area contributed by atoms with Gasteiger partial charge >= 0.3 is 11.9 Å². The standard InChI is InChI=1S/C30H52O4/c1-6-7-8-9-10-11-12-13-14-15-16-17-18-24-33-29(31)20-19-21-30(32)34-28(25-27(4)5)23-22-26(2)3/h27-28H,2,6-21,24-25H2,1,3-5H3. The topological polar surface area (TPSA) is 52.6 Å². The smallest absolute Gasteiger partial charge is 0.307 e. The second-order valence-corrected chi connectivity index (χ2v) is 9.97. The first-order valence-corrected chi connectivity index (χ1v) is 13.9. The van der Waals surface area contributed by atoms with Crippen molar-refractivity contribution in [2.45, 2.75) is 143 Å². The zero-order valence-electron chi connectivity index (χ0n) is 22.7. The Balaban J connectivity index is 3.65. The summed E-state index contributed by atoms with van der Waals surface area (Å²) >= 11 is 0. The zero-order chi connectivity index (χ0) is 25.4. The van der Waals surface area contributed by atoms with E-state index in [9.17, 15) is 9.59 Å². The molecule has 1 atom stereocenters. The van der Waals surface area contributed by atoms with Gasteiger partial charge in [0.2, 0.25) is 0 Å². The molecule has 0 aromatic heterocycles. The van der Waals surface area contributed by atoms with Crippen LogP contribution in [-0.4, -0.2) is 24.6 Å². The molecule has 4 heteroatoms. The fraction of sp³-hybridized carbons (Fsp3) is 0.800. The number of rotatable bonds is 21. The van der Waals surface area contributed by atoms with E-state index in [0.717, 1.165) is 18.4 Å². The van der Waals surface area contributed by atoms with Crippen LogP contribution >= 0.6 is 0 Å². The van der Waals surface area contributed by atoms with E-state index in [0.29, 0.717) is 25.4 Å². The fourth-order valence-corrected chi connectivity index (χ4v) is 3.74. The van der Waals surface area contributed by atoms with Gasteiger partial charge in [-0.2, -0.15) is 0 Å². The van der Waals surface area contributed by atoms with E-state index in [1.165, 1.54) is 70.6 Å². The van der Waals surface area contributed by atoms with E-state index >= 15 is 0 Å². The van der Waals surface area contributed by atoms with E-state index in [1.807, 2.05) is 6.92 Å². The van der Waals surface area contributed by atoms with Gasteiger partial charge < -0.3 is 9.47 Å². The maximum Gasteiger partial charge on any atom is 0.307 e. The summed E-state index contributed by atoms with van der Waals surface area (Å²) in [6.45, 7) is 12.5. The first kappa shape index (κ1) is 32.2. The molecule has 0 rings (SSSR count). The van der Waals surface area contributed by atoms with Gasteiger partial charge in [-0.15, -0.1) is 0 Å². The monoisotopic (exact) mass is 476 g/mol. The molecule has 0 aliphatic carbocycles. The zero-order valence-corrected chi connectivity index (χ0v) is 22.7. The molecule has 196 valence electrons. The van der Waals surface area contributed by atoms with Crippen molar-refractivity contribution in [3.63, 3.8) is 0 Å². The Morgan fingerprint density at radius 2 is 1.26 bits per heavy atom. The molecule has 0 bridgehead atoms. The van der Waals surface area contributed by atoms with Crippen molar-refractivity contribution in [3.05, 3.63) is 12.2 Å². The lowest BCUT2D eigenvalue weighted by Gasteiger charge is -2.14. The van der Waals surface area contributed by atoms with Gasteiger partial charge in [-0.1, -0.05) is 116 Å². The Morgan fingerprint density at radius 3 is 1.76 bits per heavy atom. The highest BCUT2D eigenvalue weighted by atomic mass is 16.5. The van der Waals surface area contributed by atoms with E-state index in [1.54, 1.807) is 0 Å². The number of esters is 2. The first-order valence-electron chi connectivity index (χ1n) is 13.9. The summed E-state index contributed by atoms with van der Waals surface area (Å²) in [5.74, 6) is 5.69. The third-order valence-corrected chi connectivity index (χ3v) is 5.68.